The van der Waals surface area contributed by atoms with Gasteiger partial charge in [0.2, 0.25) is 5.75 Å². The van der Waals surface area contributed by atoms with Crippen LogP contribution in [-0.2, 0) is 9.59 Å². The first-order valence-corrected chi connectivity index (χ1v) is 10.8. The van der Waals surface area contributed by atoms with Crippen LogP contribution in [0.4, 0.5) is 0 Å². The Morgan fingerprint density at radius 3 is 2.36 bits per heavy atom. The van der Waals surface area contributed by atoms with Crippen molar-refractivity contribution in [2.24, 2.45) is 0 Å². The lowest BCUT2D eigenvalue weighted by Crippen LogP contribution is -2.44. The molecular formula is C18H21NO6S3. The maximum atomic E-state index is 12.9. The number of benzene rings is 1. The predicted octanol–water partition coefficient (Wildman–Crippen LogP) is 3.12. The standard InChI is InChI=1S/C18H21NO6S3/c1-23-12-7-10(8-13(24-2)15(12)25-3)9-14-16(20)19(18(26)28-14)11(17(21)22)5-6-27-4/h7-9,11H,5-6H2,1-4H3,(H,21,22)/b14-9+/t11-/m0/s1. The van der Waals surface area contributed by atoms with Crippen molar-refractivity contribution in [3.05, 3.63) is 22.6 Å². The lowest BCUT2D eigenvalue weighted by atomic mass is 10.1. The molecule has 0 saturated carbocycles. The van der Waals surface area contributed by atoms with Crippen molar-refractivity contribution in [2.75, 3.05) is 33.3 Å². The number of methoxy groups -OCH3 is 3. The molecule has 1 atom stereocenters. The topological polar surface area (TPSA) is 85.3 Å². The summed E-state index contributed by atoms with van der Waals surface area (Å²) in [6.45, 7) is 0. The molecule has 1 saturated heterocycles. The van der Waals surface area contributed by atoms with Gasteiger partial charge in [0.1, 0.15) is 10.4 Å². The summed E-state index contributed by atoms with van der Waals surface area (Å²) in [6, 6.07) is 2.43. The summed E-state index contributed by atoms with van der Waals surface area (Å²) < 4.78 is 16.2. The quantitative estimate of drug-likeness (QED) is 0.457. The molecule has 28 heavy (non-hydrogen) atoms. The van der Waals surface area contributed by atoms with Crippen LogP contribution in [0.25, 0.3) is 6.08 Å². The normalized spacial score (nSPS) is 16.4. The molecule has 0 bridgehead atoms. The summed E-state index contributed by atoms with van der Waals surface area (Å²) in [7, 11) is 4.51. The van der Waals surface area contributed by atoms with Crippen LogP contribution in [0.15, 0.2) is 17.0 Å². The molecule has 10 heteroatoms. The van der Waals surface area contributed by atoms with Gasteiger partial charge in [0.05, 0.1) is 26.2 Å². The van der Waals surface area contributed by atoms with Crippen molar-refractivity contribution in [1.82, 2.24) is 4.90 Å². The van der Waals surface area contributed by atoms with Gasteiger partial charge in [0.25, 0.3) is 5.91 Å². The summed E-state index contributed by atoms with van der Waals surface area (Å²) in [4.78, 5) is 26.0. The van der Waals surface area contributed by atoms with Gasteiger partial charge in [0, 0.05) is 0 Å². The molecule has 0 aliphatic carbocycles. The van der Waals surface area contributed by atoms with Crippen LogP contribution in [0.3, 0.4) is 0 Å². The number of thioether (sulfide) groups is 2. The van der Waals surface area contributed by atoms with Crippen LogP contribution in [0.1, 0.15) is 12.0 Å². The number of thiocarbonyl (C=S) groups is 1. The van der Waals surface area contributed by atoms with E-state index in [0.29, 0.717) is 39.9 Å². The molecule has 0 spiro atoms. The van der Waals surface area contributed by atoms with Crippen LogP contribution >= 0.6 is 35.7 Å². The molecule has 1 aliphatic rings. The van der Waals surface area contributed by atoms with Crippen molar-refractivity contribution in [2.45, 2.75) is 12.5 Å². The minimum absolute atomic E-state index is 0.234. The molecule has 0 radical (unpaired) electrons. The smallest absolute Gasteiger partial charge is 0.326 e. The Kier molecular flexibility index (Phi) is 8.02. The van der Waals surface area contributed by atoms with Gasteiger partial charge in [-0.3, -0.25) is 9.69 Å². The van der Waals surface area contributed by atoms with Gasteiger partial charge in [-0.2, -0.15) is 11.8 Å². The van der Waals surface area contributed by atoms with E-state index in [1.54, 1.807) is 18.2 Å². The van der Waals surface area contributed by atoms with Crippen molar-refractivity contribution < 1.29 is 28.9 Å². The number of carbonyl (C=O) groups is 2. The predicted molar refractivity (Wildman–Crippen MR) is 116 cm³/mol. The highest BCUT2D eigenvalue weighted by molar-refractivity contribution is 8.26. The fourth-order valence-corrected chi connectivity index (χ4v) is 4.49. The number of hydrogen-bond donors (Lipinski definition) is 1. The Morgan fingerprint density at radius 2 is 1.89 bits per heavy atom. The monoisotopic (exact) mass is 443 g/mol. The van der Waals surface area contributed by atoms with Gasteiger partial charge < -0.3 is 19.3 Å². The SMILES string of the molecule is COc1cc(/C=C2/SC(=S)N([C@@H](CCSC)C(=O)O)C2=O)cc(OC)c1OC. The first kappa shape index (κ1) is 22.4. The Bertz CT molecular complexity index is 786. The third-order valence-electron chi connectivity index (χ3n) is 4.00. The zero-order valence-electron chi connectivity index (χ0n) is 15.9. The van der Waals surface area contributed by atoms with Crippen LogP contribution in [0.5, 0.6) is 17.2 Å². The van der Waals surface area contributed by atoms with E-state index in [1.165, 1.54) is 38.0 Å². The summed E-state index contributed by atoms with van der Waals surface area (Å²) in [5.41, 5.74) is 0.644. The maximum Gasteiger partial charge on any atom is 0.326 e. The molecule has 1 heterocycles. The van der Waals surface area contributed by atoms with Crippen LogP contribution < -0.4 is 14.2 Å². The molecule has 0 unspecified atom stereocenters. The van der Waals surface area contributed by atoms with Crippen molar-refractivity contribution in [1.29, 1.82) is 0 Å². The van der Waals surface area contributed by atoms with Gasteiger partial charge in [-0.1, -0.05) is 24.0 Å². The van der Waals surface area contributed by atoms with E-state index < -0.39 is 17.9 Å². The largest absolute Gasteiger partial charge is 0.493 e. The number of aliphatic carboxylic acids is 1. The number of ether oxygens (including phenoxy) is 3. The second-order valence-electron chi connectivity index (χ2n) is 5.65. The highest BCUT2D eigenvalue weighted by Gasteiger charge is 2.40. The first-order valence-electron chi connectivity index (χ1n) is 8.16. The third kappa shape index (κ3) is 4.73. The summed E-state index contributed by atoms with van der Waals surface area (Å²) in [5.74, 6) is 0.466. The average Bonchev–Trinajstić information content (AvgIpc) is 2.94. The maximum absolute atomic E-state index is 12.9. The summed E-state index contributed by atoms with van der Waals surface area (Å²) in [5, 5.41) is 9.53. The number of hydrogen-bond acceptors (Lipinski definition) is 8. The van der Waals surface area contributed by atoms with Gasteiger partial charge in [0.15, 0.2) is 11.5 Å². The molecule has 7 nitrogen and oxygen atoms in total. The minimum Gasteiger partial charge on any atom is -0.493 e. The van der Waals surface area contributed by atoms with E-state index >= 15 is 0 Å². The zero-order chi connectivity index (χ0) is 20.8. The Labute approximate surface area is 177 Å². The zero-order valence-corrected chi connectivity index (χ0v) is 18.3. The molecule has 1 aromatic carbocycles. The van der Waals surface area contributed by atoms with Crippen molar-refractivity contribution in [3.8, 4) is 17.2 Å². The lowest BCUT2D eigenvalue weighted by molar-refractivity contribution is -0.145. The van der Waals surface area contributed by atoms with Crippen LogP contribution in [-0.4, -0.2) is 65.6 Å². The highest BCUT2D eigenvalue weighted by Crippen LogP contribution is 2.40. The van der Waals surface area contributed by atoms with E-state index in [1.807, 2.05) is 6.26 Å². The molecule has 1 aliphatic heterocycles. The Hall–Kier alpha value is -1.91. The Morgan fingerprint density at radius 1 is 1.29 bits per heavy atom. The highest BCUT2D eigenvalue weighted by atomic mass is 32.2. The fourth-order valence-electron chi connectivity index (χ4n) is 2.68. The van der Waals surface area contributed by atoms with Gasteiger partial charge in [-0.25, -0.2) is 4.79 Å². The van der Waals surface area contributed by atoms with E-state index in [-0.39, 0.29) is 4.32 Å². The molecule has 1 fully saturated rings. The van der Waals surface area contributed by atoms with Crippen molar-refractivity contribution in [3.63, 3.8) is 0 Å². The van der Waals surface area contributed by atoms with Crippen LogP contribution in [0, 0.1) is 0 Å². The second-order valence-corrected chi connectivity index (χ2v) is 8.31. The van der Waals surface area contributed by atoms with Crippen LogP contribution in [0.2, 0.25) is 0 Å². The van der Waals surface area contributed by atoms with Crippen molar-refractivity contribution >= 4 is 58.0 Å². The van der Waals surface area contributed by atoms with Gasteiger partial charge in [-0.15, -0.1) is 0 Å². The van der Waals surface area contributed by atoms with E-state index in [2.05, 4.69) is 0 Å². The summed E-state index contributed by atoms with van der Waals surface area (Å²) in [6.07, 6.45) is 3.84. The van der Waals surface area contributed by atoms with Gasteiger partial charge in [-0.05, 0) is 42.2 Å². The number of carbonyl (C=O) groups excluding carboxylic acids is 1. The molecule has 2 rings (SSSR count). The summed E-state index contributed by atoms with van der Waals surface area (Å²) >= 11 is 7.88. The number of carboxylic acid groups (broad SMARTS) is 1. The average molecular weight is 444 g/mol. The molecule has 1 N–H and O–H groups in total. The Balaban J connectivity index is 2.39. The first-order chi connectivity index (χ1) is 13.4. The van der Waals surface area contributed by atoms with Gasteiger partial charge >= 0.3 is 5.97 Å². The number of nitrogens with zero attached hydrogens (tertiary/aromatic N) is 1. The van der Waals surface area contributed by atoms with E-state index in [9.17, 15) is 14.7 Å². The molecule has 1 amide bonds. The lowest BCUT2D eigenvalue weighted by Gasteiger charge is -2.22. The molecular weight excluding hydrogens is 422 g/mol. The molecule has 152 valence electrons. The minimum atomic E-state index is -1.07. The molecule has 0 aromatic heterocycles. The molecule has 1 aromatic rings. The fraction of sp³-hybridized carbons (Fsp3) is 0.389. The third-order valence-corrected chi connectivity index (χ3v) is 5.97. The second kappa shape index (κ2) is 10.0. The van der Waals surface area contributed by atoms with E-state index in [4.69, 9.17) is 26.4 Å². The van der Waals surface area contributed by atoms with E-state index in [0.717, 1.165) is 11.8 Å². The number of carboxylic acids is 1. The number of amides is 1. The number of rotatable bonds is 9.